The minimum Gasteiger partial charge on any atom is -0.227 e. The Balaban J connectivity index is 2.48. The summed E-state index contributed by atoms with van der Waals surface area (Å²) in [5, 5.41) is -0.0689. The van der Waals surface area contributed by atoms with Crippen LogP contribution in [-0.4, -0.2) is 24.6 Å². The van der Waals surface area contributed by atoms with Crippen molar-refractivity contribution < 1.29 is 8.42 Å². The lowest BCUT2D eigenvalue weighted by molar-refractivity contribution is 0.489. The molecule has 0 amide bonds. The Hall–Kier alpha value is -0.970. The van der Waals surface area contributed by atoms with Gasteiger partial charge in [0, 0.05) is 18.6 Å². The van der Waals surface area contributed by atoms with Gasteiger partial charge in [-0.1, -0.05) is 84.5 Å². The molecule has 0 saturated heterocycles. The Bertz CT molecular complexity index is 570. The maximum atomic E-state index is 11.5. The lowest BCUT2D eigenvalue weighted by atomic mass is 9.90. The molecule has 0 fully saturated rings. The van der Waals surface area contributed by atoms with Gasteiger partial charge in [0.25, 0.3) is 0 Å². The summed E-state index contributed by atoms with van der Waals surface area (Å²) in [5.74, 6) is 0.454. The van der Waals surface area contributed by atoms with Gasteiger partial charge in [-0.2, -0.15) is 0 Å². The normalized spacial score (nSPS) is 13.0. The van der Waals surface area contributed by atoms with Crippen LogP contribution in [0.15, 0.2) is 17.6 Å². The van der Waals surface area contributed by atoms with Crippen molar-refractivity contribution in [3.8, 4) is 0 Å². The molecule has 4 nitrogen and oxygen atoms in total. The smallest absolute Gasteiger partial charge is 0.227 e. The zero-order chi connectivity index (χ0) is 19.3. The quantitative estimate of drug-likeness (QED) is 0.273. The summed E-state index contributed by atoms with van der Waals surface area (Å²) in [5.41, 5.74) is 1.09. The summed E-state index contributed by atoms with van der Waals surface area (Å²) in [6.45, 7) is 4.47. The van der Waals surface area contributed by atoms with Crippen LogP contribution in [0.4, 0.5) is 0 Å². The van der Waals surface area contributed by atoms with Crippen molar-refractivity contribution in [2.75, 3.05) is 6.26 Å². The van der Waals surface area contributed by atoms with E-state index in [1.165, 1.54) is 70.6 Å². The molecule has 1 heterocycles. The molecule has 0 bridgehead atoms. The van der Waals surface area contributed by atoms with Crippen molar-refractivity contribution in [2.45, 2.75) is 108 Å². The summed E-state index contributed by atoms with van der Waals surface area (Å²) in [6.07, 6.45) is 21.2. The van der Waals surface area contributed by atoms with E-state index in [0.717, 1.165) is 24.7 Å². The van der Waals surface area contributed by atoms with E-state index < -0.39 is 9.84 Å². The monoisotopic (exact) mass is 382 g/mol. The topological polar surface area (TPSA) is 59.9 Å². The van der Waals surface area contributed by atoms with Gasteiger partial charge >= 0.3 is 0 Å². The Morgan fingerprint density at radius 2 is 1.19 bits per heavy atom. The first-order chi connectivity index (χ1) is 12.5. The van der Waals surface area contributed by atoms with Crippen LogP contribution in [0.2, 0.25) is 0 Å². The molecular weight excluding hydrogens is 344 g/mol. The Kier molecular flexibility index (Phi) is 11.7. The van der Waals surface area contributed by atoms with Gasteiger partial charge in [-0.25, -0.2) is 18.4 Å². The summed E-state index contributed by atoms with van der Waals surface area (Å²) in [7, 11) is -3.32. The van der Waals surface area contributed by atoms with Crippen molar-refractivity contribution in [3.05, 3.63) is 18.0 Å². The van der Waals surface area contributed by atoms with Crippen molar-refractivity contribution >= 4 is 9.84 Å². The van der Waals surface area contributed by atoms with Crippen LogP contribution in [-0.2, 0) is 9.84 Å². The molecule has 0 aliphatic rings. The van der Waals surface area contributed by atoms with Crippen molar-refractivity contribution in [1.29, 1.82) is 0 Å². The molecule has 1 atom stereocenters. The lowest BCUT2D eigenvalue weighted by Crippen LogP contribution is -2.07. The maximum Gasteiger partial charge on any atom is 0.246 e. The number of rotatable bonds is 15. The van der Waals surface area contributed by atoms with E-state index in [2.05, 4.69) is 23.8 Å². The fourth-order valence-corrected chi connectivity index (χ4v) is 3.86. The van der Waals surface area contributed by atoms with Crippen LogP contribution in [0.5, 0.6) is 0 Å². The highest BCUT2D eigenvalue weighted by Gasteiger charge is 2.15. The molecule has 1 unspecified atom stereocenters. The largest absolute Gasteiger partial charge is 0.246 e. The minimum atomic E-state index is -3.32. The van der Waals surface area contributed by atoms with Gasteiger partial charge in [0.15, 0.2) is 0 Å². The number of unbranched alkanes of at least 4 members (excludes halogenated alkanes) is 9. The number of nitrogens with zero attached hydrogens (tertiary/aromatic N) is 2. The van der Waals surface area contributed by atoms with Gasteiger partial charge in [-0.3, -0.25) is 0 Å². The number of sulfone groups is 1. The maximum absolute atomic E-state index is 11.5. The van der Waals surface area contributed by atoms with E-state index in [1.807, 2.05) is 0 Å². The lowest BCUT2D eigenvalue weighted by Gasteiger charge is -2.17. The van der Waals surface area contributed by atoms with E-state index in [4.69, 9.17) is 0 Å². The molecule has 26 heavy (non-hydrogen) atoms. The highest BCUT2D eigenvalue weighted by molar-refractivity contribution is 7.90. The van der Waals surface area contributed by atoms with Crippen LogP contribution < -0.4 is 0 Å². The molecule has 0 aliphatic heterocycles. The number of hydrogen-bond donors (Lipinski definition) is 0. The standard InChI is InChI=1S/C21H38N2O2S/c1-4-6-8-9-10-11-12-14-16-19(15-13-7-5-2)20-17-22-21(23-18-20)26(3,24)25/h17-19H,4-16H2,1-3H3. The van der Waals surface area contributed by atoms with Crippen LogP contribution in [0, 0.1) is 0 Å². The molecule has 0 aliphatic carbocycles. The van der Waals surface area contributed by atoms with Crippen LogP contribution in [0.3, 0.4) is 0 Å². The molecular formula is C21H38N2O2S. The number of aromatic nitrogens is 2. The predicted octanol–water partition coefficient (Wildman–Crippen LogP) is 6.07. The molecule has 5 heteroatoms. The predicted molar refractivity (Wildman–Crippen MR) is 109 cm³/mol. The van der Waals surface area contributed by atoms with Crippen LogP contribution >= 0.6 is 0 Å². The average molecular weight is 383 g/mol. The van der Waals surface area contributed by atoms with Crippen molar-refractivity contribution in [3.63, 3.8) is 0 Å². The highest BCUT2D eigenvalue weighted by atomic mass is 32.2. The molecule has 150 valence electrons. The van der Waals surface area contributed by atoms with Crippen molar-refractivity contribution in [2.24, 2.45) is 0 Å². The summed E-state index contributed by atoms with van der Waals surface area (Å²) < 4.78 is 23.1. The van der Waals surface area contributed by atoms with E-state index in [-0.39, 0.29) is 5.16 Å². The summed E-state index contributed by atoms with van der Waals surface area (Å²) in [4.78, 5) is 8.17. The van der Waals surface area contributed by atoms with E-state index in [9.17, 15) is 8.42 Å². The average Bonchev–Trinajstić information content (AvgIpc) is 2.62. The first-order valence-corrected chi connectivity index (χ1v) is 12.4. The zero-order valence-corrected chi connectivity index (χ0v) is 17.9. The van der Waals surface area contributed by atoms with Gasteiger partial charge in [0.1, 0.15) is 0 Å². The first-order valence-electron chi connectivity index (χ1n) is 10.5. The van der Waals surface area contributed by atoms with E-state index in [1.54, 1.807) is 12.4 Å². The second-order valence-corrected chi connectivity index (χ2v) is 9.44. The Morgan fingerprint density at radius 1 is 0.769 bits per heavy atom. The summed E-state index contributed by atoms with van der Waals surface area (Å²) >= 11 is 0. The minimum absolute atomic E-state index is 0.0689. The fourth-order valence-electron chi connectivity index (χ4n) is 3.37. The SMILES string of the molecule is CCCCCCCCCCC(CCCCC)c1cnc(S(C)(=O)=O)nc1. The molecule has 0 saturated carbocycles. The molecule has 1 rings (SSSR count). The third kappa shape index (κ3) is 9.65. The van der Waals surface area contributed by atoms with Gasteiger partial charge in [0.05, 0.1) is 0 Å². The molecule has 0 N–H and O–H groups in total. The third-order valence-corrected chi connectivity index (χ3v) is 5.89. The molecule has 0 radical (unpaired) electrons. The Morgan fingerprint density at radius 3 is 1.69 bits per heavy atom. The highest BCUT2D eigenvalue weighted by Crippen LogP contribution is 2.28. The van der Waals surface area contributed by atoms with Gasteiger partial charge in [-0.05, 0) is 24.3 Å². The molecule has 1 aromatic rings. The number of hydrogen-bond acceptors (Lipinski definition) is 4. The van der Waals surface area contributed by atoms with E-state index >= 15 is 0 Å². The third-order valence-electron chi connectivity index (χ3n) is 5.01. The second-order valence-electron chi connectivity index (χ2n) is 7.53. The molecule has 0 aromatic carbocycles. The van der Waals surface area contributed by atoms with Crippen LogP contribution in [0.1, 0.15) is 109 Å². The van der Waals surface area contributed by atoms with Crippen molar-refractivity contribution in [1.82, 2.24) is 9.97 Å². The zero-order valence-electron chi connectivity index (χ0n) is 17.0. The molecule has 1 aromatic heterocycles. The van der Waals surface area contributed by atoms with Gasteiger partial charge in [-0.15, -0.1) is 0 Å². The van der Waals surface area contributed by atoms with Gasteiger partial charge < -0.3 is 0 Å². The summed E-state index contributed by atoms with van der Waals surface area (Å²) in [6, 6.07) is 0. The molecule has 0 spiro atoms. The fraction of sp³-hybridized carbons (Fsp3) is 0.810. The Labute approximate surface area is 161 Å². The van der Waals surface area contributed by atoms with Crippen LogP contribution in [0.25, 0.3) is 0 Å². The first kappa shape index (κ1) is 23.1. The second kappa shape index (κ2) is 13.2. The van der Waals surface area contributed by atoms with Gasteiger partial charge in [0.2, 0.25) is 15.0 Å². The van der Waals surface area contributed by atoms with E-state index in [0.29, 0.717) is 5.92 Å².